The van der Waals surface area contributed by atoms with Gasteiger partial charge in [0.2, 0.25) is 0 Å². The Hall–Kier alpha value is 0.230. The van der Waals surface area contributed by atoms with Crippen LogP contribution in [0.25, 0.3) is 0 Å². The zero-order valence-corrected chi connectivity index (χ0v) is 14.7. The molecule has 3 nitrogen and oxygen atoms in total. The van der Waals surface area contributed by atoms with E-state index in [0.29, 0.717) is 19.8 Å². The lowest BCUT2D eigenvalue weighted by Crippen LogP contribution is -2.47. The molecule has 0 saturated heterocycles. The molecule has 0 bridgehead atoms. The van der Waals surface area contributed by atoms with E-state index in [4.69, 9.17) is 14.2 Å². The van der Waals surface area contributed by atoms with Crippen LogP contribution in [0.1, 0.15) is 72.6 Å². The Balaban J connectivity index is 4.20. The Morgan fingerprint density at radius 3 is 1.65 bits per heavy atom. The van der Waals surface area contributed by atoms with Gasteiger partial charge < -0.3 is 14.2 Å². The Kier molecular flexibility index (Phi) is 13.1. The highest BCUT2D eigenvalue weighted by molar-refractivity contribution is 7.81. The summed E-state index contributed by atoms with van der Waals surface area (Å²) in [6, 6.07) is 0. The molecule has 0 rings (SSSR count). The minimum atomic E-state index is -0.981. The van der Waals surface area contributed by atoms with E-state index < -0.39 is 5.97 Å². The van der Waals surface area contributed by atoms with Crippen LogP contribution in [0.5, 0.6) is 0 Å². The Labute approximate surface area is 131 Å². The Morgan fingerprint density at radius 1 is 0.750 bits per heavy atom. The summed E-state index contributed by atoms with van der Waals surface area (Å²) in [7, 11) is 0. The molecule has 0 aromatic rings. The minimum absolute atomic E-state index is 0.0477. The van der Waals surface area contributed by atoms with Gasteiger partial charge in [-0.3, -0.25) is 0 Å². The van der Waals surface area contributed by atoms with Crippen molar-refractivity contribution in [3.63, 3.8) is 0 Å². The van der Waals surface area contributed by atoms with Crippen molar-refractivity contribution in [2.75, 3.05) is 19.8 Å². The van der Waals surface area contributed by atoms with Crippen molar-refractivity contribution in [2.24, 2.45) is 0 Å². The monoisotopic (exact) mass is 306 g/mol. The number of rotatable bonds is 14. The van der Waals surface area contributed by atoms with Crippen molar-refractivity contribution in [2.45, 2.75) is 83.9 Å². The third-order valence-electron chi connectivity index (χ3n) is 3.28. The van der Waals surface area contributed by atoms with Crippen LogP contribution in [-0.4, -0.2) is 31.0 Å². The largest absolute Gasteiger partial charge is 0.327 e. The fraction of sp³-hybridized carbons (Fsp3) is 1.00. The molecular formula is C16H34O3S. The van der Waals surface area contributed by atoms with Crippen LogP contribution in [0.4, 0.5) is 0 Å². The minimum Gasteiger partial charge on any atom is -0.327 e. The van der Waals surface area contributed by atoms with Gasteiger partial charge in [-0.2, -0.15) is 12.6 Å². The second-order valence-electron chi connectivity index (χ2n) is 4.97. The highest BCUT2D eigenvalue weighted by atomic mass is 32.1. The first-order valence-electron chi connectivity index (χ1n) is 8.26. The summed E-state index contributed by atoms with van der Waals surface area (Å²) in [5, 5.41) is -0.0477. The van der Waals surface area contributed by atoms with Crippen LogP contribution in [0.3, 0.4) is 0 Å². The smallest absolute Gasteiger partial charge is 0.295 e. The highest BCUT2D eigenvalue weighted by Crippen LogP contribution is 2.28. The molecule has 1 unspecified atom stereocenters. The van der Waals surface area contributed by atoms with Gasteiger partial charge in [0.15, 0.2) is 0 Å². The molecule has 0 aliphatic carbocycles. The van der Waals surface area contributed by atoms with E-state index in [9.17, 15) is 0 Å². The summed E-state index contributed by atoms with van der Waals surface area (Å²) in [5.74, 6) is -0.981. The van der Waals surface area contributed by atoms with Gasteiger partial charge in [0.1, 0.15) is 0 Å². The number of hydrogen-bond acceptors (Lipinski definition) is 4. The maximum atomic E-state index is 5.75. The zero-order valence-electron chi connectivity index (χ0n) is 13.8. The van der Waals surface area contributed by atoms with E-state index in [-0.39, 0.29) is 5.25 Å². The van der Waals surface area contributed by atoms with E-state index in [1.807, 2.05) is 20.8 Å². The van der Waals surface area contributed by atoms with E-state index >= 15 is 0 Å². The third kappa shape index (κ3) is 7.87. The summed E-state index contributed by atoms with van der Waals surface area (Å²) >= 11 is 4.68. The molecule has 0 radical (unpaired) electrons. The van der Waals surface area contributed by atoms with Crippen molar-refractivity contribution in [1.29, 1.82) is 0 Å². The van der Waals surface area contributed by atoms with Gasteiger partial charge in [0.05, 0.1) is 5.25 Å². The molecule has 0 aromatic heterocycles. The summed E-state index contributed by atoms with van der Waals surface area (Å²) < 4.78 is 17.2. The van der Waals surface area contributed by atoms with Crippen LogP contribution < -0.4 is 0 Å². The van der Waals surface area contributed by atoms with E-state index in [1.54, 1.807) is 0 Å². The summed E-state index contributed by atoms with van der Waals surface area (Å²) in [6.45, 7) is 9.80. The average molecular weight is 307 g/mol. The third-order valence-corrected chi connectivity index (χ3v) is 3.85. The van der Waals surface area contributed by atoms with Crippen molar-refractivity contribution in [3.8, 4) is 0 Å². The normalized spacial score (nSPS) is 13.7. The average Bonchev–Trinajstić information content (AvgIpc) is 2.43. The van der Waals surface area contributed by atoms with Gasteiger partial charge in [0.25, 0.3) is 5.97 Å². The van der Waals surface area contributed by atoms with E-state index in [1.165, 1.54) is 32.1 Å². The van der Waals surface area contributed by atoms with Crippen LogP contribution in [0.2, 0.25) is 0 Å². The molecule has 0 spiro atoms. The predicted molar refractivity (Wildman–Crippen MR) is 88.4 cm³/mol. The lowest BCUT2D eigenvalue weighted by molar-refractivity contribution is -0.376. The number of thiol groups is 1. The lowest BCUT2D eigenvalue weighted by Gasteiger charge is -2.36. The van der Waals surface area contributed by atoms with Gasteiger partial charge in [-0.15, -0.1) is 0 Å². The summed E-state index contributed by atoms with van der Waals surface area (Å²) in [4.78, 5) is 0. The fourth-order valence-corrected chi connectivity index (χ4v) is 2.72. The molecule has 1 atom stereocenters. The first-order valence-corrected chi connectivity index (χ1v) is 8.78. The fourth-order valence-electron chi connectivity index (χ4n) is 2.31. The molecule has 0 fully saturated rings. The summed E-state index contributed by atoms with van der Waals surface area (Å²) in [6.07, 6.45) is 8.61. The number of hydrogen-bond donors (Lipinski definition) is 1. The molecular weight excluding hydrogens is 272 g/mol. The molecule has 0 amide bonds. The Bertz CT molecular complexity index is 195. The number of unbranched alkanes of at least 4 members (excludes halogenated alkanes) is 5. The van der Waals surface area contributed by atoms with Crippen molar-refractivity contribution in [3.05, 3.63) is 0 Å². The van der Waals surface area contributed by atoms with Crippen LogP contribution in [0.15, 0.2) is 0 Å². The van der Waals surface area contributed by atoms with Gasteiger partial charge in [-0.1, -0.05) is 45.4 Å². The maximum absolute atomic E-state index is 5.75. The topological polar surface area (TPSA) is 27.7 Å². The Morgan fingerprint density at radius 2 is 1.20 bits per heavy atom. The second-order valence-corrected chi connectivity index (χ2v) is 5.60. The summed E-state index contributed by atoms with van der Waals surface area (Å²) in [5.41, 5.74) is 0. The van der Waals surface area contributed by atoms with Crippen molar-refractivity contribution < 1.29 is 14.2 Å². The van der Waals surface area contributed by atoms with Gasteiger partial charge >= 0.3 is 0 Å². The molecule has 0 aliphatic heterocycles. The van der Waals surface area contributed by atoms with Crippen molar-refractivity contribution >= 4 is 12.6 Å². The van der Waals surface area contributed by atoms with E-state index in [2.05, 4.69) is 19.6 Å². The van der Waals surface area contributed by atoms with E-state index in [0.717, 1.165) is 12.8 Å². The predicted octanol–water partition coefficient (Wildman–Crippen LogP) is 4.80. The molecule has 0 saturated carbocycles. The van der Waals surface area contributed by atoms with Crippen LogP contribution in [0, 0.1) is 0 Å². The van der Waals surface area contributed by atoms with Gasteiger partial charge in [0, 0.05) is 19.8 Å². The molecule has 20 heavy (non-hydrogen) atoms. The zero-order chi connectivity index (χ0) is 15.3. The van der Waals surface area contributed by atoms with Gasteiger partial charge in [-0.05, 0) is 27.2 Å². The molecule has 0 aliphatic rings. The standard InChI is InChI=1S/C16H34O3S/c1-5-9-10-11-12-13-14-15(20)16(17-6-2,18-7-3)19-8-4/h15,20H,5-14H2,1-4H3. The highest BCUT2D eigenvalue weighted by Gasteiger charge is 2.39. The quantitative estimate of drug-likeness (QED) is 0.284. The molecule has 0 aromatic carbocycles. The van der Waals surface area contributed by atoms with Gasteiger partial charge in [-0.25, -0.2) is 0 Å². The maximum Gasteiger partial charge on any atom is 0.295 e. The molecule has 0 N–H and O–H groups in total. The second kappa shape index (κ2) is 12.9. The molecule has 4 heteroatoms. The lowest BCUT2D eigenvalue weighted by atomic mass is 10.1. The van der Waals surface area contributed by atoms with Crippen LogP contribution >= 0.6 is 12.6 Å². The first kappa shape index (κ1) is 20.2. The SMILES string of the molecule is CCCCCCCCC(S)C(OCC)(OCC)OCC. The molecule has 0 heterocycles. The van der Waals surface area contributed by atoms with Crippen LogP contribution in [-0.2, 0) is 14.2 Å². The first-order chi connectivity index (χ1) is 9.66. The number of ether oxygens (including phenoxy) is 3. The van der Waals surface area contributed by atoms with Crippen molar-refractivity contribution in [1.82, 2.24) is 0 Å². The molecule has 122 valence electrons.